The minimum absolute atomic E-state index is 0.0550. The largest absolute Gasteiger partial charge is 0.369 e. The molecule has 0 bridgehead atoms. The number of fused-ring (bicyclic) bond motifs is 1. The van der Waals surface area contributed by atoms with Crippen molar-refractivity contribution >= 4 is 11.7 Å². The van der Waals surface area contributed by atoms with E-state index in [4.69, 9.17) is 4.74 Å². The summed E-state index contributed by atoms with van der Waals surface area (Å²) in [5, 5.41) is 7.38. The van der Waals surface area contributed by atoms with Crippen LogP contribution in [0.25, 0.3) is 0 Å². The minimum Gasteiger partial charge on any atom is -0.369 e. The highest BCUT2D eigenvalue weighted by atomic mass is 16.5. The molecule has 0 aromatic carbocycles. The van der Waals surface area contributed by atoms with Gasteiger partial charge in [-0.2, -0.15) is 5.10 Å². The molecule has 0 spiro atoms. The van der Waals surface area contributed by atoms with Crippen molar-refractivity contribution in [1.29, 1.82) is 0 Å². The average molecular weight is 343 g/mol. The Morgan fingerprint density at radius 1 is 1.40 bits per heavy atom. The maximum absolute atomic E-state index is 12.6. The first kappa shape index (κ1) is 17.4. The molecule has 0 fully saturated rings. The second-order valence-corrected chi connectivity index (χ2v) is 6.73. The van der Waals surface area contributed by atoms with Crippen LogP contribution in [0.3, 0.4) is 0 Å². The first-order chi connectivity index (χ1) is 11.9. The lowest BCUT2D eigenvalue weighted by Crippen LogP contribution is -2.27. The number of aryl methyl sites for hydroxylation is 1. The van der Waals surface area contributed by atoms with Crippen LogP contribution in [0, 0.1) is 0 Å². The standard InChI is InChI=1S/C18H25N5O2/c1-11-8-14-16(21-23(5)17(14)12(2)25-11)18(24)20-10-13-6-7-15(19-9-13)22(3)4/h6-7,9,11-12H,8,10H2,1-5H3,(H,20,24)/t11-,12+/m1/s1. The van der Waals surface area contributed by atoms with Gasteiger partial charge in [0.1, 0.15) is 5.82 Å². The second kappa shape index (κ2) is 6.84. The number of aromatic nitrogens is 3. The fourth-order valence-corrected chi connectivity index (χ4v) is 3.27. The Labute approximate surface area is 148 Å². The molecule has 7 nitrogen and oxygen atoms in total. The molecule has 2 atom stereocenters. The van der Waals surface area contributed by atoms with Crippen LogP contribution in [0.4, 0.5) is 5.82 Å². The number of carbonyl (C=O) groups is 1. The lowest BCUT2D eigenvalue weighted by atomic mass is 9.99. The number of nitrogens with one attached hydrogen (secondary N) is 1. The van der Waals surface area contributed by atoms with Crippen molar-refractivity contribution in [3.8, 4) is 0 Å². The third-order valence-electron chi connectivity index (χ3n) is 4.44. The minimum atomic E-state index is -0.158. The Hall–Kier alpha value is -2.41. The maximum atomic E-state index is 12.6. The van der Waals surface area contributed by atoms with Crippen LogP contribution in [0.5, 0.6) is 0 Å². The summed E-state index contributed by atoms with van der Waals surface area (Å²) in [7, 11) is 5.74. The van der Waals surface area contributed by atoms with E-state index in [1.807, 2.05) is 52.0 Å². The molecule has 1 aliphatic heterocycles. The van der Waals surface area contributed by atoms with Crippen LogP contribution >= 0.6 is 0 Å². The topological polar surface area (TPSA) is 72.3 Å². The summed E-state index contributed by atoms with van der Waals surface area (Å²) in [5.41, 5.74) is 3.43. The Kier molecular flexibility index (Phi) is 4.76. The maximum Gasteiger partial charge on any atom is 0.272 e. The number of carbonyl (C=O) groups excluding carboxylic acids is 1. The molecule has 7 heteroatoms. The molecule has 1 amide bonds. The number of amides is 1. The Balaban J connectivity index is 1.73. The van der Waals surface area contributed by atoms with E-state index in [1.165, 1.54) is 0 Å². The van der Waals surface area contributed by atoms with E-state index in [9.17, 15) is 4.79 Å². The summed E-state index contributed by atoms with van der Waals surface area (Å²) in [6.07, 6.45) is 2.51. The normalized spacial score (nSPS) is 19.4. The van der Waals surface area contributed by atoms with Crippen molar-refractivity contribution in [2.75, 3.05) is 19.0 Å². The molecule has 3 rings (SSSR count). The smallest absolute Gasteiger partial charge is 0.272 e. The lowest BCUT2D eigenvalue weighted by molar-refractivity contribution is -0.00903. The van der Waals surface area contributed by atoms with Crippen LogP contribution in [0.15, 0.2) is 18.3 Å². The summed E-state index contributed by atoms with van der Waals surface area (Å²) in [4.78, 5) is 18.9. The van der Waals surface area contributed by atoms with E-state index >= 15 is 0 Å². The number of rotatable bonds is 4. The van der Waals surface area contributed by atoms with Crippen molar-refractivity contribution in [2.45, 2.75) is 39.0 Å². The number of hydrogen-bond donors (Lipinski definition) is 1. The van der Waals surface area contributed by atoms with Gasteiger partial charge in [0, 0.05) is 45.9 Å². The zero-order chi connectivity index (χ0) is 18.1. The number of anilines is 1. The fraction of sp³-hybridized carbons (Fsp3) is 0.500. The van der Waals surface area contributed by atoms with Gasteiger partial charge in [0.2, 0.25) is 0 Å². The summed E-state index contributed by atoms with van der Waals surface area (Å²) in [6.45, 7) is 4.44. The number of ether oxygens (including phenoxy) is 1. The highest BCUT2D eigenvalue weighted by Crippen LogP contribution is 2.31. The predicted molar refractivity (Wildman–Crippen MR) is 95.6 cm³/mol. The van der Waals surface area contributed by atoms with Crippen LogP contribution in [0.1, 0.15) is 47.3 Å². The molecule has 1 N–H and O–H groups in total. The van der Waals surface area contributed by atoms with Gasteiger partial charge in [-0.1, -0.05) is 6.07 Å². The summed E-state index contributed by atoms with van der Waals surface area (Å²) >= 11 is 0. The molecule has 0 saturated carbocycles. The van der Waals surface area contributed by atoms with Crippen LogP contribution in [-0.2, 0) is 24.8 Å². The van der Waals surface area contributed by atoms with Gasteiger partial charge in [0.25, 0.3) is 5.91 Å². The van der Waals surface area contributed by atoms with Crippen LogP contribution < -0.4 is 10.2 Å². The molecular formula is C18H25N5O2. The van der Waals surface area contributed by atoms with Crippen molar-refractivity contribution in [1.82, 2.24) is 20.1 Å². The van der Waals surface area contributed by atoms with E-state index in [2.05, 4.69) is 15.4 Å². The van der Waals surface area contributed by atoms with Gasteiger partial charge in [-0.25, -0.2) is 4.98 Å². The van der Waals surface area contributed by atoms with Gasteiger partial charge >= 0.3 is 0 Å². The molecule has 2 aromatic rings. The molecule has 1 aliphatic rings. The van der Waals surface area contributed by atoms with E-state index in [0.29, 0.717) is 18.7 Å². The molecule has 0 aliphatic carbocycles. The molecule has 25 heavy (non-hydrogen) atoms. The first-order valence-electron chi connectivity index (χ1n) is 8.48. The quantitative estimate of drug-likeness (QED) is 0.917. The highest BCUT2D eigenvalue weighted by Gasteiger charge is 2.31. The molecule has 134 valence electrons. The van der Waals surface area contributed by atoms with Crippen LogP contribution in [-0.4, -0.2) is 40.9 Å². The van der Waals surface area contributed by atoms with Gasteiger partial charge in [0.15, 0.2) is 5.69 Å². The van der Waals surface area contributed by atoms with E-state index in [0.717, 1.165) is 22.6 Å². The van der Waals surface area contributed by atoms with Gasteiger partial charge in [-0.15, -0.1) is 0 Å². The van der Waals surface area contributed by atoms with E-state index in [-0.39, 0.29) is 18.1 Å². The predicted octanol–water partition coefficient (Wildman–Crippen LogP) is 1.83. The summed E-state index contributed by atoms with van der Waals surface area (Å²) in [5.74, 6) is 0.728. The first-order valence-corrected chi connectivity index (χ1v) is 8.48. The van der Waals surface area contributed by atoms with Crippen molar-refractivity contribution in [3.63, 3.8) is 0 Å². The number of hydrogen-bond acceptors (Lipinski definition) is 5. The van der Waals surface area contributed by atoms with Crippen molar-refractivity contribution in [2.24, 2.45) is 7.05 Å². The van der Waals surface area contributed by atoms with E-state index < -0.39 is 0 Å². The lowest BCUT2D eigenvalue weighted by Gasteiger charge is -2.26. The molecule has 3 heterocycles. The Morgan fingerprint density at radius 3 is 2.80 bits per heavy atom. The zero-order valence-corrected chi connectivity index (χ0v) is 15.4. The van der Waals surface area contributed by atoms with Gasteiger partial charge in [0.05, 0.1) is 17.9 Å². The zero-order valence-electron chi connectivity index (χ0n) is 15.4. The summed E-state index contributed by atoms with van der Waals surface area (Å²) < 4.78 is 7.60. The monoisotopic (exact) mass is 343 g/mol. The SMILES string of the molecule is C[C@@H]1Cc2c(C(=O)NCc3ccc(N(C)C)nc3)nn(C)c2[C@H](C)O1. The van der Waals surface area contributed by atoms with Gasteiger partial charge in [-0.3, -0.25) is 9.48 Å². The molecule has 0 saturated heterocycles. The fourth-order valence-electron chi connectivity index (χ4n) is 3.27. The number of nitrogens with zero attached hydrogens (tertiary/aromatic N) is 4. The van der Waals surface area contributed by atoms with E-state index in [1.54, 1.807) is 10.9 Å². The average Bonchev–Trinajstić information content (AvgIpc) is 2.89. The van der Waals surface area contributed by atoms with Crippen molar-refractivity contribution < 1.29 is 9.53 Å². The molecule has 2 aromatic heterocycles. The summed E-state index contributed by atoms with van der Waals surface area (Å²) in [6, 6.07) is 3.90. The molecule has 0 unspecified atom stereocenters. The Morgan fingerprint density at radius 2 is 2.16 bits per heavy atom. The van der Waals surface area contributed by atoms with Crippen molar-refractivity contribution in [3.05, 3.63) is 40.8 Å². The van der Waals surface area contributed by atoms with Crippen LogP contribution in [0.2, 0.25) is 0 Å². The number of pyridine rings is 1. The molecular weight excluding hydrogens is 318 g/mol. The van der Waals surface area contributed by atoms with Gasteiger partial charge < -0.3 is 15.0 Å². The second-order valence-electron chi connectivity index (χ2n) is 6.73. The third-order valence-corrected chi connectivity index (χ3v) is 4.44. The third kappa shape index (κ3) is 3.51. The molecule has 0 radical (unpaired) electrons. The highest BCUT2D eigenvalue weighted by molar-refractivity contribution is 5.94. The van der Waals surface area contributed by atoms with Gasteiger partial charge in [-0.05, 0) is 25.5 Å². The Bertz CT molecular complexity index is 767.